The Morgan fingerprint density at radius 1 is 0.677 bits per heavy atom. The molecule has 0 amide bonds. The lowest BCUT2D eigenvalue weighted by Gasteiger charge is -2.23. The van der Waals surface area contributed by atoms with Gasteiger partial charge in [-0.05, 0) is 81.4 Å². The van der Waals surface area contributed by atoms with Crippen LogP contribution in [0.1, 0.15) is 122 Å². The van der Waals surface area contributed by atoms with Crippen LogP contribution in [0.3, 0.4) is 0 Å². The van der Waals surface area contributed by atoms with E-state index >= 15 is 0 Å². The average Bonchev–Trinajstić information content (AvgIpc) is 2.70. The molecule has 1 aromatic rings. The highest BCUT2D eigenvalue weighted by Crippen LogP contribution is 2.38. The van der Waals surface area contributed by atoms with E-state index in [1.165, 1.54) is 51.4 Å². The fraction of sp³-hybridized carbons (Fsp3) is 0.793. The second-order valence-electron chi connectivity index (χ2n) is 10.7. The molecule has 0 bridgehead atoms. The first kappa shape index (κ1) is 27.9. The van der Waals surface area contributed by atoms with Gasteiger partial charge in [0.25, 0.3) is 0 Å². The van der Waals surface area contributed by atoms with Crippen molar-refractivity contribution in [2.45, 2.75) is 133 Å². The summed E-state index contributed by atoms with van der Waals surface area (Å²) in [5.41, 5.74) is 4.16. The van der Waals surface area contributed by atoms with Crippen molar-refractivity contribution < 1.29 is 9.84 Å². The lowest BCUT2D eigenvalue weighted by molar-refractivity contribution is 0.199. The lowest BCUT2D eigenvalue weighted by Crippen LogP contribution is -2.15. The van der Waals surface area contributed by atoms with Crippen molar-refractivity contribution in [1.29, 1.82) is 0 Å². The molecule has 0 aliphatic heterocycles. The van der Waals surface area contributed by atoms with Crippen LogP contribution in [0.2, 0.25) is 0 Å². The van der Waals surface area contributed by atoms with Gasteiger partial charge in [0.15, 0.2) is 0 Å². The van der Waals surface area contributed by atoms with Gasteiger partial charge in [-0.2, -0.15) is 0 Å². The molecular formula is C29H52O2. The number of phenols is 1. The molecule has 0 unspecified atom stereocenters. The van der Waals surface area contributed by atoms with Gasteiger partial charge in [0, 0.05) is 5.56 Å². The second-order valence-corrected chi connectivity index (χ2v) is 10.7. The first-order valence-electron chi connectivity index (χ1n) is 13.1. The van der Waals surface area contributed by atoms with Crippen LogP contribution in [-0.4, -0.2) is 11.2 Å². The van der Waals surface area contributed by atoms with Crippen LogP contribution in [0.25, 0.3) is 0 Å². The molecule has 1 rings (SSSR count). The number of phenolic OH excluding ortho intramolecular Hbond substituents is 1. The van der Waals surface area contributed by atoms with Crippen molar-refractivity contribution in [3.63, 3.8) is 0 Å². The summed E-state index contributed by atoms with van der Waals surface area (Å²) in [6.45, 7) is 19.9. The van der Waals surface area contributed by atoms with Crippen LogP contribution >= 0.6 is 0 Å². The number of hydrogen-bond acceptors (Lipinski definition) is 2. The van der Waals surface area contributed by atoms with Crippen molar-refractivity contribution >= 4 is 0 Å². The monoisotopic (exact) mass is 432 g/mol. The number of hydrogen-bond donors (Lipinski definition) is 1. The van der Waals surface area contributed by atoms with Crippen LogP contribution in [0, 0.1) is 38.5 Å². The van der Waals surface area contributed by atoms with Gasteiger partial charge in [0.2, 0.25) is 0 Å². The molecule has 1 N–H and O–H groups in total. The lowest BCUT2D eigenvalue weighted by atomic mass is 9.91. The molecule has 0 radical (unpaired) electrons. The van der Waals surface area contributed by atoms with Crippen LogP contribution in [0.5, 0.6) is 11.5 Å². The Kier molecular flexibility index (Phi) is 12.6. The van der Waals surface area contributed by atoms with E-state index in [2.05, 4.69) is 48.5 Å². The summed E-state index contributed by atoms with van der Waals surface area (Å²) in [6.07, 6.45) is 13.0. The van der Waals surface area contributed by atoms with E-state index in [9.17, 15) is 5.11 Å². The summed E-state index contributed by atoms with van der Waals surface area (Å²) >= 11 is 0. The molecule has 31 heavy (non-hydrogen) atoms. The molecule has 0 aliphatic rings. The SMILES string of the molecule is CCc1c(C)c(O)c(C)c(C)c1O[C@H](C)CCC[C@H](C)CCC[C@H](C)CCCC(C)C. The second kappa shape index (κ2) is 14.1. The van der Waals surface area contributed by atoms with E-state index in [1.807, 2.05) is 13.8 Å². The fourth-order valence-corrected chi connectivity index (χ4v) is 4.75. The Morgan fingerprint density at radius 2 is 1.16 bits per heavy atom. The molecule has 0 saturated carbocycles. The zero-order chi connectivity index (χ0) is 23.6. The Balaban J connectivity index is 2.37. The van der Waals surface area contributed by atoms with Crippen LogP contribution < -0.4 is 4.74 Å². The van der Waals surface area contributed by atoms with E-state index in [1.54, 1.807) is 0 Å². The van der Waals surface area contributed by atoms with E-state index in [-0.39, 0.29) is 6.10 Å². The topological polar surface area (TPSA) is 29.5 Å². The normalized spacial score (nSPS) is 14.6. The van der Waals surface area contributed by atoms with E-state index in [0.29, 0.717) is 5.75 Å². The maximum atomic E-state index is 10.4. The third-order valence-corrected chi connectivity index (χ3v) is 7.19. The van der Waals surface area contributed by atoms with Gasteiger partial charge in [0.05, 0.1) is 6.10 Å². The van der Waals surface area contributed by atoms with Crippen LogP contribution in [-0.2, 0) is 6.42 Å². The Labute approximate surface area is 194 Å². The maximum absolute atomic E-state index is 10.4. The van der Waals surface area contributed by atoms with Crippen LogP contribution in [0.4, 0.5) is 0 Å². The summed E-state index contributed by atoms with van der Waals surface area (Å²) in [6, 6.07) is 0. The maximum Gasteiger partial charge on any atom is 0.126 e. The minimum Gasteiger partial charge on any atom is -0.507 e. The van der Waals surface area contributed by atoms with Gasteiger partial charge in [-0.3, -0.25) is 0 Å². The third-order valence-electron chi connectivity index (χ3n) is 7.19. The molecule has 2 heteroatoms. The highest BCUT2D eigenvalue weighted by molar-refractivity contribution is 5.57. The highest BCUT2D eigenvalue weighted by atomic mass is 16.5. The molecule has 0 saturated heterocycles. The molecule has 1 aromatic carbocycles. The predicted octanol–water partition coefficient (Wildman–Crippen LogP) is 9.09. The van der Waals surface area contributed by atoms with E-state index in [0.717, 1.165) is 58.6 Å². The third kappa shape index (κ3) is 9.46. The molecule has 2 nitrogen and oxygen atoms in total. The number of ether oxygens (including phenoxy) is 1. The minimum atomic E-state index is 0.209. The molecule has 0 aromatic heterocycles. The van der Waals surface area contributed by atoms with E-state index in [4.69, 9.17) is 4.74 Å². The Morgan fingerprint density at radius 3 is 1.65 bits per heavy atom. The number of benzene rings is 1. The van der Waals surface area contributed by atoms with Gasteiger partial charge in [-0.15, -0.1) is 0 Å². The van der Waals surface area contributed by atoms with Gasteiger partial charge in [0.1, 0.15) is 11.5 Å². The zero-order valence-electron chi connectivity index (χ0n) is 22.2. The van der Waals surface area contributed by atoms with Gasteiger partial charge < -0.3 is 9.84 Å². The van der Waals surface area contributed by atoms with Crippen molar-refractivity contribution in [1.82, 2.24) is 0 Å². The van der Waals surface area contributed by atoms with Gasteiger partial charge >= 0.3 is 0 Å². The smallest absolute Gasteiger partial charge is 0.126 e. The molecule has 0 aliphatic carbocycles. The van der Waals surface area contributed by atoms with Crippen LogP contribution in [0.15, 0.2) is 0 Å². The largest absolute Gasteiger partial charge is 0.507 e. The summed E-state index contributed by atoms with van der Waals surface area (Å²) in [5, 5.41) is 10.4. The van der Waals surface area contributed by atoms with Crippen molar-refractivity contribution in [3.05, 3.63) is 22.3 Å². The first-order valence-corrected chi connectivity index (χ1v) is 13.1. The van der Waals surface area contributed by atoms with Gasteiger partial charge in [-0.25, -0.2) is 0 Å². The first-order chi connectivity index (χ1) is 14.6. The summed E-state index contributed by atoms with van der Waals surface area (Å²) < 4.78 is 6.42. The van der Waals surface area contributed by atoms with Crippen molar-refractivity contribution in [2.24, 2.45) is 17.8 Å². The minimum absolute atomic E-state index is 0.209. The molecular weight excluding hydrogens is 380 g/mol. The Hall–Kier alpha value is -1.18. The summed E-state index contributed by atoms with van der Waals surface area (Å²) in [4.78, 5) is 0. The Bertz CT molecular complexity index is 647. The quantitative estimate of drug-likeness (QED) is 0.299. The highest BCUT2D eigenvalue weighted by Gasteiger charge is 2.19. The molecule has 3 atom stereocenters. The van der Waals surface area contributed by atoms with Crippen molar-refractivity contribution in [3.8, 4) is 11.5 Å². The number of rotatable bonds is 15. The molecule has 0 fully saturated rings. The fourth-order valence-electron chi connectivity index (χ4n) is 4.75. The zero-order valence-corrected chi connectivity index (χ0v) is 22.2. The molecule has 0 spiro atoms. The predicted molar refractivity (Wildman–Crippen MR) is 137 cm³/mol. The number of aromatic hydroxyl groups is 1. The van der Waals surface area contributed by atoms with E-state index < -0.39 is 0 Å². The molecule has 180 valence electrons. The molecule has 0 heterocycles. The average molecular weight is 433 g/mol. The van der Waals surface area contributed by atoms with Gasteiger partial charge in [-0.1, -0.05) is 79.6 Å². The van der Waals surface area contributed by atoms with Crippen molar-refractivity contribution in [2.75, 3.05) is 0 Å². The summed E-state index contributed by atoms with van der Waals surface area (Å²) in [5.74, 6) is 3.96. The standard InChI is InChI=1S/C29H52O2/c1-10-27-26(9)28(30)24(7)25(8)29(27)31-23(6)19-13-18-22(5)17-12-16-21(4)15-11-14-20(2)3/h20-23,30H,10-19H2,1-9H3/t21-,22-,23-/m1/s1. The summed E-state index contributed by atoms with van der Waals surface area (Å²) in [7, 11) is 0.